The van der Waals surface area contributed by atoms with Crippen molar-refractivity contribution in [3.05, 3.63) is 59.8 Å². The van der Waals surface area contributed by atoms with Crippen LogP contribution in [0.4, 0.5) is 5.82 Å². The molecule has 1 saturated carbocycles. The van der Waals surface area contributed by atoms with E-state index in [0.717, 1.165) is 56.7 Å². The van der Waals surface area contributed by atoms with Crippen molar-refractivity contribution in [1.82, 2.24) is 20.1 Å². The molecule has 1 aromatic carbocycles. The quantitative estimate of drug-likeness (QED) is 0.674. The minimum absolute atomic E-state index is 0.0105. The number of fused-ring (bicyclic) bond motifs is 1. The Bertz CT molecular complexity index is 1140. The van der Waals surface area contributed by atoms with Crippen molar-refractivity contribution in [2.45, 2.75) is 51.1 Å². The van der Waals surface area contributed by atoms with E-state index in [1.165, 1.54) is 0 Å². The summed E-state index contributed by atoms with van der Waals surface area (Å²) in [4.78, 5) is 38.1. The van der Waals surface area contributed by atoms with Crippen molar-refractivity contribution < 1.29 is 9.59 Å². The molecule has 0 radical (unpaired) electrons. The van der Waals surface area contributed by atoms with Gasteiger partial charge >= 0.3 is 0 Å². The maximum Gasteiger partial charge on any atom is 0.225 e. The SMILES string of the molecule is N#Cc1ccccc1CN1CCCCCCNC(=O)C2CC(C(=O)N3CCN(c4ccccn4)CC3)CC21. The van der Waals surface area contributed by atoms with Crippen LogP contribution in [0.15, 0.2) is 48.7 Å². The van der Waals surface area contributed by atoms with Crippen LogP contribution in [0.3, 0.4) is 0 Å². The second-order valence-electron chi connectivity index (χ2n) is 10.8. The molecule has 8 heteroatoms. The van der Waals surface area contributed by atoms with Gasteiger partial charge in [0.15, 0.2) is 0 Å². The Morgan fingerprint density at radius 3 is 2.55 bits per heavy atom. The number of aromatic nitrogens is 1. The van der Waals surface area contributed by atoms with Gasteiger partial charge in [0.05, 0.1) is 17.6 Å². The zero-order chi connectivity index (χ0) is 26.3. The molecule has 2 amide bonds. The van der Waals surface area contributed by atoms with Gasteiger partial charge in [-0.15, -0.1) is 0 Å². The fourth-order valence-corrected chi connectivity index (χ4v) is 6.34. The number of nitrogens with zero attached hydrogens (tertiary/aromatic N) is 5. The van der Waals surface area contributed by atoms with Crippen LogP contribution in [0, 0.1) is 23.2 Å². The van der Waals surface area contributed by atoms with E-state index in [4.69, 9.17) is 0 Å². The van der Waals surface area contributed by atoms with Gasteiger partial charge in [-0.1, -0.05) is 37.1 Å². The van der Waals surface area contributed by atoms with Gasteiger partial charge in [-0.3, -0.25) is 14.5 Å². The Morgan fingerprint density at radius 2 is 1.76 bits per heavy atom. The highest BCUT2D eigenvalue weighted by molar-refractivity contribution is 5.84. The minimum atomic E-state index is -0.217. The summed E-state index contributed by atoms with van der Waals surface area (Å²) >= 11 is 0. The molecule has 0 bridgehead atoms. The van der Waals surface area contributed by atoms with Gasteiger partial charge in [0.2, 0.25) is 11.8 Å². The number of amides is 2. The first kappa shape index (κ1) is 26.2. The summed E-state index contributed by atoms with van der Waals surface area (Å²) in [6.45, 7) is 5.08. The van der Waals surface area contributed by atoms with E-state index in [1.807, 2.05) is 47.4 Å². The summed E-state index contributed by atoms with van der Waals surface area (Å²) in [6.07, 6.45) is 7.34. The Balaban J connectivity index is 1.31. The first-order chi connectivity index (χ1) is 18.6. The van der Waals surface area contributed by atoms with Gasteiger partial charge in [-0.05, 0) is 56.0 Å². The summed E-state index contributed by atoms with van der Waals surface area (Å²) in [6, 6.07) is 16.0. The van der Waals surface area contributed by atoms with Crippen molar-refractivity contribution >= 4 is 17.6 Å². The number of nitriles is 1. The molecule has 3 fully saturated rings. The van der Waals surface area contributed by atoms with E-state index in [0.29, 0.717) is 44.6 Å². The van der Waals surface area contributed by atoms with E-state index in [1.54, 1.807) is 6.20 Å². The lowest BCUT2D eigenvalue weighted by atomic mass is 9.99. The molecule has 5 rings (SSSR count). The van der Waals surface area contributed by atoms with Crippen LogP contribution in [-0.4, -0.2) is 71.9 Å². The zero-order valence-electron chi connectivity index (χ0n) is 22.1. The topological polar surface area (TPSA) is 92.6 Å². The number of rotatable bonds is 4. The van der Waals surface area contributed by atoms with Crippen molar-refractivity contribution in [2.75, 3.05) is 44.2 Å². The second-order valence-corrected chi connectivity index (χ2v) is 10.8. The number of nitrogens with one attached hydrogen (secondary N) is 1. The summed E-state index contributed by atoms with van der Waals surface area (Å²) in [5.74, 6) is 0.827. The Kier molecular flexibility index (Phi) is 8.54. The number of carbonyl (C=O) groups excluding carboxylic acids is 2. The highest BCUT2D eigenvalue weighted by atomic mass is 16.2. The number of piperazine rings is 1. The Hall–Kier alpha value is -3.44. The van der Waals surface area contributed by atoms with Gasteiger partial charge in [0, 0.05) is 57.4 Å². The number of benzene rings is 1. The molecule has 1 aliphatic carbocycles. The fourth-order valence-electron chi connectivity index (χ4n) is 6.34. The lowest BCUT2D eigenvalue weighted by molar-refractivity contribution is -0.135. The fraction of sp³-hybridized carbons (Fsp3) is 0.533. The molecule has 3 atom stereocenters. The third kappa shape index (κ3) is 5.99. The minimum Gasteiger partial charge on any atom is -0.356 e. The van der Waals surface area contributed by atoms with Gasteiger partial charge in [0.25, 0.3) is 0 Å². The molecule has 200 valence electrons. The molecular formula is C30H38N6O2. The van der Waals surface area contributed by atoms with E-state index >= 15 is 0 Å². The van der Waals surface area contributed by atoms with Crippen molar-refractivity contribution in [3.63, 3.8) is 0 Å². The molecule has 2 aliphatic heterocycles. The molecule has 3 heterocycles. The van der Waals surface area contributed by atoms with Crippen LogP contribution < -0.4 is 10.2 Å². The predicted octanol–water partition coefficient (Wildman–Crippen LogP) is 3.19. The van der Waals surface area contributed by atoms with Gasteiger partial charge in [0.1, 0.15) is 5.82 Å². The molecule has 8 nitrogen and oxygen atoms in total. The number of hydrogen-bond donors (Lipinski definition) is 1. The molecule has 3 aliphatic rings. The summed E-state index contributed by atoms with van der Waals surface area (Å²) in [7, 11) is 0. The van der Waals surface area contributed by atoms with Crippen LogP contribution in [0.2, 0.25) is 0 Å². The molecule has 1 aromatic heterocycles. The monoisotopic (exact) mass is 514 g/mol. The van der Waals surface area contributed by atoms with Crippen LogP contribution in [0.5, 0.6) is 0 Å². The average Bonchev–Trinajstić information content (AvgIpc) is 3.41. The lowest BCUT2D eigenvalue weighted by Crippen LogP contribution is -2.50. The highest BCUT2D eigenvalue weighted by Gasteiger charge is 2.45. The predicted molar refractivity (Wildman–Crippen MR) is 146 cm³/mol. The number of pyridine rings is 1. The van der Waals surface area contributed by atoms with Crippen molar-refractivity contribution in [3.8, 4) is 6.07 Å². The average molecular weight is 515 g/mol. The second kappa shape index (κ2) is 12.4. The normalized spacial score (nSPS) is 25.1. The first-order valence-electron chi connectivity index (χ1n) is 14.1. The van der Waals surface area contributed by atoms with E-state index in [9.17, 15) is 14.9 Å². The standard InChI is InChI=1S/C30H38N6O2/c31-21-23-9-3-4-10-24(23)22-36-14-8-2-1-6-13-33-29(37)26-19-25(20-27(26)36)30(38)35-17-15-34(16-18-35)28-11-5-7-12-32-28/h3-5,7,9-12,25-27H,1-2,6,8,13-20,22H2,(H,33,37). The molecule has 1 N–H and O–H groups in total. The third-order valence-corrected chi connectivity index (χ3v) is 8.43. The van der Waals surface area contributed by atoms with Crippen LogP contribution in [0.1, 0.15) is 49.7 Å². The third-order valence-electron chi connectivity index (χ3n) is 8.43. The molecule has 2 aromatic rings. The number of carbonyl (C=O) groups is 2. The van der Waals surface area contributed by atoms with Crippen LogP contribution in [-0.2, 0) is 16.1 Å². The highest BCUT2D eigenvalue weighted by Crippen LogP contribution is 2.38. The van der Waals surface area contributed by atoms with Gasteiger partial charge < -0.3 is 15.1 Å². The smallest absolute Gasteiger partial charge is 0.225 e. The van der Waals surface area contributed by atoms with E-state index in [-0.39, 0.29) is 29.7 Å². The Morgan fingerprint density at radius 1 is 0.974 bits per heavy atom. The van der Waals surface area contributed by atoms with Crippen molar-refractivity contribution in [1.29, 1.82) is 5.26 Å². The van der Waals surface area contributed by atoms with E-state index < -0.39 is 0 Å². The van der Waals surface area contributed by atoms with Crippen LogP contribution in [0.25, 0.3) is 0 Å². The zero-order valence-corrected chi connectivity index (χ0v) is 22.1. The molecule has 38 heavy (non-hydrogen) atoms. The van der Waals surface area contributed by atoms with Gasteiger partial charge in [-0.2, -0.15) is 5.26 Å². The molecular weight excluding hydrogens is 476 g/mol. The van der Waals surface area contributed by atoms with Gasteiger partial charge in [-0.25, -0.2) is 4.98 Å². The summed E-state index contributed by atoms with van der Waals surface area (Å²) in [5, 5.41) is 12.8. The summed E-state index contributed by atoms with van der Waals surface area (Å²) < 4.78 is 0. The number of hydrogen-bond acceptors (Lipinski definition) is 6. The molecule has 2 saturated heterocycles. The maximum atomic E-state index is 13.7. The van der Waals surface area contributed by atoms with Crippen LogP contribution >= 0.6 is 0 Å². The van der Waals surface area contributed by atoms with E-state index in [2.05, 4.69) is 26.2 Å². The summed E-state index contributed by atoms with van der Waals surface area (Å²) in [5.41, 5.74) is 1.67. The first-order valence-corrected chi connectivity index (χ1v) is 14.1. The lowest BCUT2D eigenvalue weighted by Gasteiger charge is -2.36. The Labute approximate surface area is 225 Å². The number of anilines is 1. The molecule has 3 unspecified atom stereocenters. The molecule has 0 spiro atoms. The largest absolute Gasteiger partial charge is 0.356 e. The van der Waals surface area contributed by atoms with Crippen molar-refractivity contribution in [2.24, 2.45) is 11.8 Å². The maximum absolute atomic E-state index is 13.7.